The number of likely N-dealkylation sites (tertiary alicyclic amines) is 1. The average molecular weight is 418 g/mol. The first-order valence-electron chi connectivity index (χ1n) is 10.8. The topological polar surface area (TPSA) is 116 Å². The van der Waals surface area contributed by atoms with Crippen molar-refractivity contribution in [3.8, 4) is 0 Å². The van der Waals surface area contributed by atoms with Crippen LogP contribution in [0.2, 0.25) is 0 Å². The molecule has 1 aliphatic heterocycles. The van der Waals surface area contributed by atoms with Crippen molar-refractivity contribution >= 4 is 24.0 Å². The van der Waals surface area contributed by atoms with E-state index in [-0.39, 0.29) is 23.8 Å². The van der Waals surface area contributed by atoms with Gasteiger partial charge in [-0.05, 0) is 43.9 Å². The maximum atomic E-state index is 13.5. The molecule has 164 valence electrons. The van der Waals surface area contributed by atoms with Gasteiger partial charge >= 0.3 is 0 Å². The Labute approximate surface area is 175 Å². The van der Waals surface area contributed by atoms with Crippen LogP contribution < -0.4 is 5.32 Å². The molecule has 30 heavy (non-hydrogen) atoms. The van der Waals surface area contributed by atoms with Gasteiger partial charge in [-0.25, -0.2) is 5.06 Å². The van der Waals surface area contributed by atoms with Gasteiger partial charge in [0.15, 0.2) is 5.82 Å². The number of aryl methyl sites for hydroxylation is 1. The summed E-state index contributed by atoms with van der Waals surface area (Å²) in [4.78, 5) is 39.2. The van der Waals surface area contributed by atoms with Gasteiger partial charge in [-0.1, -0.05) is 30.8 Å². The Morgan fingerprint density at radius 2 is 2.17 bits per heavy atom. The summed E-state index contributed by atoms with van der Waals surface area (Å²) >= 11 is 0. The highest BCUT2D eigenvalue weighted by atomic mass is 16.5. The van der Waals surface area contributed by atoms with Crippen LogP contribution in [0.5, 0.6) is 0 Å². The second-order valence-corrected chi connectivity index (χ2v) is 9.31. The summed E-state index contributed by atoms with van der Waals surface area (Å²) in [6.45, 7) is 2.25. The van der Waals surface area contributed by atoms with Gasteiger partial charge in [0.1, 0.15) is 11.8 Å². The predicted octanol–water partition coefficient (Wildman–Crippen LogP) is 2.35. The van der Waals surface area contributed by atoms with Gasteiger partial charge in [-0.3, -0.25) is 19.6 Å². The van der Waals surface area contributed by atoms with E-state index in [4.69, 9.17) is 4.52 Å². The number of nitrogens with one attached hydrogen (secondary N) is 1. The van der Waals surface area contributed by atoms with E-state index in [1.165, 1.54) is 0 Å². The van der Waals surface area contributed by atoms with Crippen LogP contribution in [0.3, 0.4) is 0 Å². The molecule has 1 aromatic rings. The van der Waals surface area contributed by atoms with E-state index < -0.39 is 12.0 Å². The number of hydroxylamine groups is 2. The lowest BCUT2D eigenvalue weighted by molar-refractivity contribution is -0.158. The maximum Gasteiger partial charge on any atom is 0.248 e. The molecule has 3 amide bonds. The Kier molecular flexibility index (Phi) is 5.81. The summed E-state index contributed by atoms with van der Waals surface area (Å²) in [7, 11) is 0. The van der Waals surface area contributed by atoms with E-state index in [0.717, 1.165) is 38.5 Å². The first-order chi connectivity index (χ1) is 14.4. The Bertz CT molecular complexity index is 799. The molecule has 2 atom stereocenters. The summed E-state index contributed by atoms with van der Waals surface area (Å²) < 4.78 is 5.01. The van der Waals surface area contributed by atoms with Crippen molar-refractivity contribution in [2.75, 3.05) is 18.4 Å². The molecule has 3 aliphatic rings. The van der Waals surface area contributed by atoms with Crippen molar-refractivity contribution in [3.05, 3.63) is 11.8 Å². The van der Waals surface area contributed by atoms with E-state index in [9.17, 15) is 19.6 Å². The van der Waals surface area contributed by atoms with Crippen LogP contribution in [0.1, 0.15) is 57.1 Å². The minimum Gasteiger partial charge on any atom is -0.360 e. The van der Waals surface area contributed by atoms with Crippen LogP contribution in [0.4, 0.5) is 5.82 Å². The van der Waals surface area contributed by atoms with Crippen LogP contribution in [-0.4, -0.2) is 57.7 Å². The van der Waals surface area contributed by atoms with Gasteiger partial charge in [-0.2, -0.15) is 0 Å². The number of rotatable bonds is 8. The molecule has 4 rings (SSSR count). The summed E-state index contributed by atoms with van der Waals surface area (Å²) in [6, 6.07) is 1.06. The molecule has 1 spiro atoms. The number of aromatic nitrogens is 1. The van der Waals surface area contributed by atoms with Gasteiger partial charge < -0.3 is 14.7 Å². The molecule has 9 heteroatoms. The number of carbonyl (C=O) groups excluding carboxylic acids is 3. The van der Waals surface area contributed by atoms with Gasteiger partial charge in [0.2, 0.25) is 18.2 Å². The van der Waals surface area contributed by atoms with E-state index in [2.05, 4.69) is 10.5 Å². The van der Waals surface area contributed by atoms with Crippen LogP contribution in [-0.2, 0) is 14.4 Å². The fourth-order valence-corrected chi connectivity index (χ4v) is 5.10. The zero-order chi connectivity index (χ0) is 21.3. The molecule has 0 aromatic carbocycles. The van der Waals surface area contributed by atoms with Crippen LogP contribution >= 0.6 is 0 Å². The lowest BCUT2D eigenvalue weighted by Gasteiger charge is -2.30. The molecule has 0 unspecified atom stereocenters. The molecule has 2 N–H and O–H groups in total. The summed E-state index contributed by atoms with van der Waals surface area (Å²) in [5.41, 5.74) is 0.0267. The summed E-state index contributed by atoms with van der Waals surface area (Å²) in [6.07, 6.45) is 8.05. The number of carbonyl (C=O) groups is 3. The van der Waals surface area contributed by atoms with Crippen LogP contribution in [0.15, 0.2) is 10.6 Å². The molecule has 3 fully saturated rings. The smallest absolute Gasteiger partial charge is 0.248 e. The second kappa shape index (κ2) is 8.37. The molecule has 2 aliphatic carbocycles. The van der Waals surface area contributed by atoms with Gasteiger partial charge in [0.05, 0.1) is 12.5 Å². The first-order valence-corrected chi connectivity index (χ1v) is 10.8. The number of anilines is 1. The van der Waals surface area contributed by atoms with E-state index in [0.29, 0.717) is 48.4 Å². The van der Waals surface area contributed by atoms with Crippen molar-refractivity contribution in [3.63, 3.8) is 0 Å². The summed E-state index contributed by atoms with van der Waals surface area (Å²) in [5, 5.41) is 16.9. The fourth-order valence-electron chi connectivity index (χ4n) is 5.10. The highest BCUT2D eigenvalue weighted by molar-refractivity contribution is 5.97. The summed E-state index contributed by atoms with van der Waals surface area (Å²) in [5.74, 6) is 0.423. The molecule has 1 saturated heterocycles. The molecular weight excluding hydrogens is 388 g/mol. The Morgan fingerprint density at radius 1 is 1.43 bits per heavy atom. The Hall–Kier alpha value is -2.42. The zero-order valence-corrected chi connectivity index (χ0v) is 17.4. The number of amides is 3. The van der Waals surface area contributed by atoms with Crippen molar-refractivity contribution < 1.29 is 24.1 Å². The maximum absolute atomic E-state index is 13.5. The van der Waals surface area contributed by atoms with Gasteiger partial charge in [0.25, 0.3) is 0 Å². The van der Waals surface area contributed by atoms with Crippen molar-refractivity contribution in [2.24, 2.45) is 17.3 Å². The van der Waals surface area contributed by atoms with E-state index in [1.54, 1.807) is 17.9 Å². The quantitative estimate of drug-likeness (QED) is 0.380. The zero-order valence-electron chi connectivity index (χ0n) is 17.4. The highest BCUT2D eigenvalue weighted by Gasteiger charge is 2.55. The molecule has 0 radical (unpaired) electrons. The van der Waals surface area contributed by atoms with Crippen molar-refractivity contribution in [2.45, 2.75) is 64.3 Å². The average Bonchev–Trinajstić information content (AvgIpc) is 3.08. The van der Waals surface area contributed by atoms with Gasteiger partial charge in [0, 0.05) is 12.6 Å². The standard InChI is InChI=1S/C21H30N4O5/c1-14-8-18(23-30-14)22-19(27)17-10-21(6-7-21)12-25(17)20(28)16(11-24(29)13-26)9-15-4-2-3-5-15/h8,13,15-17,29H,2-7,9-12H2,1H3,(H,22,23,27)/t16-,17+/m1/s1. The van der Waals surface area contributed by atoms with Gasteiger partial charge in [-0.15, -0.1) is 0 Å². The van der Waals surface area contributed by atoms with Crippen LogP contribution in [0, 0.1) is 24.2 Å². The predicted molar refractivity (Wildman–Crippen MR) is 106 cm³/mol. The van der Waals surface area contributed by atoms with E-state index >= 15 is 0 Å². The number of hydrogen-bond acceptors (Lipinski definition) is 6. The number of hydrogen-bond donors (Lipinski definition) is 2. The third kappa shape index (κ3) is 4.50. The molecule has 2 heterocycles. The van der Waals surface area contributed by atoms with Crippen LogP contribution in [0.25, 0.3) is 0 Å². The minimum absolute atomic E-state index is 0.0267. The molecule has 9 nitrogen and oxygen atoms in total. The molecule has 1 aromatic heterocycles. The second-order valence-electron chi connectivity index (χ2n) is 9.31. The largest absolute Gasteiger partial charge is 0.360 e. The minimum atomic E-state index is -0.577. The monoisotopic (exact) mass is 418 g/mol. The highest BCUT2D eigenvalue weighted by Crippen LogP contribution is 2.55. The van der Waals surface area contributed by atoms with Crippen molar-refractivity contribution in [1.29, 1.82) is 0 Å². The third-order valence-electron chi connectivity index (χ3n) is 6.90. The molecule has 0 bridgehead atoms. The fraction of sp³-hybridized carbons (Fsp3) is 0.714. The van der Waals surface area contributed by atoms with E-state index in [1.807, 2.05) is 0 Å². The molecule has 2 saturated carbocycles. The SMILES string of the molecule is Cc1cc(NC(=O)[C@@H]2CC3(CC3)CN2C(=O)[C@H](CC2CCCC2)CN(O)C=O)no1. The third-order valence-corrected chi connectivity index (χ3v) is 6.90. The Balaban J connectivity index is 1.50. The lowest BCUT2D eigenvalue weighted by Crippen LogP contribution is -2.48. The van der Waals surface area contributed by atoms with Crippen molar-refractivity contribution in [1.82, 2.24) is 15.1 Å². The Morgan fingerprint density at radius 3 is 2.77 bits per heavy atom. The lowest BCUT2D eigenvalue weighted by atomic mass is 9.91. The number of nitrogens with zero attached hydrogens (tertiary/aromatic N) is 3. The molecular formula is C21H30N4O5. The first kappa shape index (κ1) is 20.8. The normalized spacial score (nSPS) is 23.5.